The third-order valence-corrected chi connectivity index (χ3v) is 3.07. The SMILES string of the molecule is Cc1ccc(C(O)COc2ccc(F)cc2F)c(C)c1. The molecule has 4 heteroatoms. The van der Waals surface area contributed by atoms with Gasteiger partial charge >= 0.3 is 0 Å². The van der Waals surface area contributed by atoms with E-state index in [0.29, 0.717) is 0 Å². The number of ether oxygens (including phenoxy) is 1. The predicted octanol–water partition coefficient (Wildman–Crippen LogP) is 3.69. The zero-order valence-corrected chi connectivity index (χ0v) is 11.4. The van der Waals surface area contributed by atoms with Crippen molar-refractivity contribution in [3.05, 3.63) is 64.7 Å². The molecule has 2 aromatic rings. The second-order valence-corrected chi connectivity index (χ2v) is 4.76. The second-order valence-electron chi connectivity index (χ2n) is 4.76. The summed E-state index contributed by atoms with van der Waals surface area (Å²) in [6.07, 6.45) is -0.861. The Kier molecular flexibility index (Phi) is 4.35. The molecule has 0 aliphatic carbocycles. The Balaban J connectivity index is 2.06. The van der Waals surface area contributed by atoms with Crippen molar-refractivity contribution in [3.8, 4) is 5.75 Å². The number of aryl methyl sites for hydroxylation is 2. The number of benzene rings is 2. The van der Waals surface area contributed by atoms with Crippen LogP contribution in [0.5, 0.6) is 5.75 Å². The van der Waals surface area contributed by atoms with Crippen LogP contribution in [0.25, 0.3) is 0 Å². The van der Waals surface area contributed by atoms with Crippen LogP contribution in [0.15, 0.2) is 36.4 Å². The van der Waals surface area contributed by atoms with Crippen LogP contribution >= 0.6 is 0 Å². The molecule has 0 saturated heterocycles. The first kappa shape index (κ1) is 14.5. The Hall–Kier alpha value is -1.94. The molecule has 2 aromatic carbocycles. The number of hydrogen-bond donors (Lipinski definition) is 1. The molecule has 1 atom stereocenters. The van der Waals surface area contributed by atoms with Crippen molar-refractivity contribution in [2.45, 2.75) is 20.0 Å². The molecule has 0 amide bonds. The third-order valence-electron chi connectivity index (χ3n) is 3.07. The van der Waals surface area contributed by atoms with E-state index >= 15 is 0 Å². The number of aliphatic hydroxyl groups excluding tert-OH is 1. The van der Waals surface area contributed by atoms with Crippen molar-refractivity contribution in [1.29, 1.82) is 0 Å². The summed E-state index contributed by atoms with van der Waals surface area (Å²) in [5, 5.41) is 10.1. The molecule has 0 saturated carbocycles. The molecule has 20 heavy (non-hydrogen) atoms. The quantitative estimate of drug-likeness (QED) is 0.924. The first-order valence-corrected chi connectivity index (χ1v) is 6.30. The molecule has 0 spiro atoms. The normalized spacial score (nSPS) is 12.2. The van der Waals surface area contributed by atoms with E-state index in [1.807, 2.05) is 32.0 Å². The molecule has 0 bridgehead atoms. The van der Waals surface area contributed by atoms with Crippen LogP contribution in [-0.2, 0) is 0 Å². The number of aliphatic hydroxyl groups is 1. The monoisotopic (exact) mass is 278 g/mol. The molecule has 0 heterocycles. The molecular formula is C16H16F2O2. The van der Waals surface area contributed by atoms with E-state index in [2.05, 4.69) is 0 Å². The number of hydrogen-bond acceptors (Lipinski definition) is 2. The molecule has 0 fully saturated rings. The predicted molar refractivity (Wildman–Crippen MR) is 72.7 cm³/mol. The third kappa shape index (κ3) is 3.33. The van der Waals surface area contributed by atoms with E-state index in [-0.39, 0.29) is 12.4 Å². The summed E-state index contributed by atoms with van der Waals surface area (Å²) < 4.78 is 31.3. The minimum absolute atomic E-state index is 0.0739. The molecule has 0 aliphatic rings. The summed E-state index contributed by atoms with van der Waals surface area (Å²) in [5.74, 6) is -1.52. The molecule has 0 aliphatic heterocycles. The molecule has 106 valence electrons. The molecule has 2 rings (SSSR count). The van der Waals surface area contributed by atoms with Gasteiger partial charge in [-0.05, 0) is 37.1 Å². The minimum Gasteiger partial charge on any atom is -0.487 e. The maximum absolute atomic E-state index is 13.4. The van der Waals surface area contributed by atoms with Crippen LogP contribution in [0.3, 0.4) is 0 Å². The molecule has 0 aromatic heterocycles. The Morgan fingerprint density at radius 1 is 1.10 bits per heavy atom. The fraction of sp³-hybridized carbons (Fsp3) is 0.250. The lowest BCUT2D eigenvalue weighted by Gasteiger charge is -2.15. The Morgan fingerprint density at radius 3 is 2.50 bits per heavy atom. The highest BCUT2D eigenvalue weighted by Gasteiger charge is 2.13. The standard InChI is InChI=1S/C16H16F2O2/c1-10-3-5-13(11(2)7-10)15(19)9-20-16-6-4-12(17)8-14(16)18/h3-8,15,19H,9H2,1-2H3. The van der Waals surface area contributed by atoms with Crippen LogP contribution < -0.4 is 4.74 Å². The zero-order chi connectivity index (χ0) is 14.7. The molecule has 1 N–H and O–H groups in total. The first-order chi connectivity index (χ1) is 9.47. The van der Waals surface area contributed by atoms with Gasteiger partial charge in [0, 0.05) is 6.07 Å². The fourth-order valence-electron chi connectivity index (χ4n) is 2.05. The Labute approximate surface area is 116 Å². The average Bonchev–Trinajstić information content (AvgIpc) is 2.37. The highest BCUT2D eigenvalue weighted by molar-refractivity contribution is 5.32. The van der Waals surface area contributed by atoms with Gasteiger partial charge in [-0.1, -0.05) is 23.8 Å². The van der Waals surface area contributed by atoms with Crippen molar-refractivity contribution < 1.29 is 18.6 Å². The maximum atomic E-state index is 13.4. The van der Waals surface area contributed by atoms with E-state index in [1.54, 1.807) is 0 Å². The highest BCUT2D eigenvalue weighted by atomic mass is 19.1. The number of halogens is 2. The lowest BCUT2D eigenvalue weighted by molar-refractivity contribution is 0.105. The maximum Gasteiger partial charge on any atom is 0.167 e. The fourth-order valence-corrected chi connectivity index (χ4v) is 2.05. The second kappa shape index (κ2) is 6.01. The molecular weight excluding hydrogens is 262 g/mol. The number of rotatable bonds is 4. The summed E-state index contributed by atoms with van der Waals surface area (Å²) in [6.45, 7) is 3.77. The zero-order valence-electron chi connectivity index (χ0n) is 11.4. The van der Waals surface area contributed by atoms with Crippen LogP contribution in [0.2, 0.25) is 0 Å². The summed E-state index contributed by atoms with van der Waals surface area (Å²) in [7, 11) is 0. The average molecular weight is 278 g/mol. The molecule has 1 unspecified atom stereocenters. The van der Waals surface area contributed by atoms with Crippen molar-refractivity contribution in [3.63, 3.8) is 0 Å². The topological polar surface area (TPSA) is 29.5 Å². The summed E-state index contributed by atoms with van der Waals surface area (Å²) in [6, 6.07) is 8.74. The van der Waals surface area contributed by atoms with Gasteiger partial charge in [0.05, 0.1) is 0 Å². The van der Waals surface area contributed by atoms with Gasteiger partial charge in [-0.2, -0.15) is 0 Å². The first-order valence-electron chi connectivity index (χ1n) is 6.30. The lowest BCUT2D eigenvalue weighted by Crippen LogP contribution is -2.11. The van der Waals surface area contributed by atoms with Crippen molar-refractivity contribution in [2.75, 3.05) is 6.61 Å². The molecule has 2 nitrogen and oxygen atoms in total. The van der Waals surface area contributed by atoms with Gasteiger partial charge in [0.15, 0.2) is 11.6 Å². The van der Waals surface area contributed by atoms with E-state index in [1.165, 1.54) is 6.07 Å². The van der Waals surface area contributed by atoms with Crippen molar-refractivity contribution in [2.24, 2.45) is 0 Å². The van der Waals surface area contributed by atoms with Gasteiger partial charge < -0.3 is 9.84 Å². The largest absolute Gasteiger partial charge is 0.487 e. The van der Waals surface area contributed by atoms with E-state index in [4.69, 9.17) is 4.74 Å². The lowest BCUT2D eigenvalue weighted by atomic mass is 10.0. The van der Waals surface area contributed by atoms with Gasteiger partial charge in [-0.25, -0.2) is 8.78 Å². The van der Waals surface area contributed by atoms with Crippen molar-refractivity contribution >= 4 is 0 Å². The van der Waals surface area contributed by atoms with E-state index < -0.39 is 17.7 Å². The Bertz CT molecular complexity index is 611. The summed E-state index contributed by atoms with van der Waals surface area (Å²) in [4.78, 5) is 0. The van der Waals surface area contributed by atoms with Crippen LogP contribution in [0.1, 0.15) is 22.8 Å². The van der Waals surface area contributed by atoms with Crippen LogP contribution in [0.4, 0.5) is 8.78 Å². The Morgan fingerprint density at radius 2 is 1.85 bits per heavy atom. The summed E-state index contributed by atoms with van der Waals surface area (Å²) >= 11 is 0. The summed E-state index contributed by atoms with van der Waals surface area (Å²) in [5.41, 5.74) is 2.78. The van der Waals surface area contributed by atoms with E-state index in [0.717, 1.165) is 28.8 Å². The van der Waals surface area contributed by atoms with Crippen molar-refractivity contribution in [1.82, 2.24) is 0 Å². The van der Waals surface area contributed by atoms with Crippen LogP contribution in [0, 0.1) is 25.5 Å². The van der Waals surface area contributed by atoms with Gasteiger partial charge in [0.1, 0.15) is 18.5 Å². The van der Waals surface area contributed by atoms with Gasteiger partial charge in [-0.3, -0.25) is 0 Å². The van der Waals surface area contributed by atoms with E-state index in [9.17, 15) is 13.9 Å². The van der Waals surface area contributed by atoms with Gasteiger partial charge in [0.25, 0.3) is 0 Å². The minimum atomic E-state index is -0.861. The molecule has 0 radical (unpaired) electrons. The highest BCUT2D eigenvalue weighted by Crippen LogP contribution is 2.22. The van der Waals surface area contributed by atoms with Crippen LogP contribution in [-0.4, -0.2) is 11.7 Å². The van der Waals surface area contributed by atoms with Gasteiger partial charge in [0.2, 0.25) is 0 Å². The smallest absolute Gasteiger partial charge is 0.167 e. The van der Waals surface area contributed by atoms with Gasteiger partial charge in [-0.15, -0.1) is 0 Å².